The highest BCUT2D eigenvalue weighted by Crippen LogP contribution is 2.39. The van der Waals surface area contributed by atoms with Gasteiger partial charge in [-0.2, -0.15) is 13.2 Å². The predicted molar refractivity (Wildman–Crippen MR) is 135 cm³/mol. The average molecular weight is 625 g/mol. The molecule has 0 spiro atoms. The zero-order valence-electron chi connectivity index (χ0n) is 19.0. The maximum atomic E-state index is 12.8. The molecule has 1 aromatic heterocycles. The average Bonchev–Trinajstić information content (AvgIpc) is 3.24. The zero-order chi connectivity index (χ0) is 26.0. The van der Waals surface area contributed by atoms with Gasteiger partial charge in [0.2, 0.25) is 5.89 Å². The maximum Gasteiger partial charge on any atom is 0.416 e. The predicted octanol–water partition coefficient (Wildman–Crippen LogP) is 8.08. The van der Waals surface area contributed by atoms with Crippen LogP contribution in [-0.4, -0.2) is 24.7 Å². The van der Waals surface area contributed by atoms with Crippen molar-refractivity contribution < 1.29 is 31.9 Å². The summed E-state index contributed by atoms with van der Waals surface area (Å²) in [5.74, 6) is 0.791. The molecule has 0 unspecified atom stereocenters. The lowest BCUT2D eigenvalue weighted by molar-refractivity contribution is -0.143. The van der Waals surface area contributed by atoms with Gasteiger partial charge in [-0.3, -0.25) is 0 Å². The lowest BCUT2D eigenvalue weighted by atomic mass is 10.0. The van der Waals surface area contributed by atoms with Gasteiger partial charge in [-0.1, -0.05) is 24.3 Å². The van der Waals surface area contributed by atoms with Gasteiger partial charge in [0.05, 0.1) is 21.6 Å². The number of esters is 1. The van der Waals surface area contributed by atoms with E-state index in [4.69, 9.17) is 9.15 Å². The largest absolute Gasteiger partial charge is 0.480 e. The molecule has 0 radical (unpaired) electrons. The molecule has 3 aromatic carbocycles. The van der Waals surface area contributed by atoms with Crippen LogP contribution >= 0.6 is 31.9 Å². The van der Waals surface area contributed by atoms with Crippen LogP contribution in [0.4, 0.5) is 13.2 Å². The summed E-state index contributed by atoms with van der Waals surface area (Å²) in [6, 6.07) is 16.1. The number of hydrogen-bond acceptors (Lipinski definition) is 5. The number of rotatable bonds is 6. The number of aryl methyl sites for hydroxylation is 1. The fourth-order valence-electron chi connectivity index (χ4n) is 3.46. The zero-order valence-corrected chi connectivity index (χ0v) is 22.1. The minimum Gasteiger partial charge on any atom is -0.480 e. The molecule has 0 amide bonds. The van der Waals surface area contributed by atoms with E-state index in [-0.39, 0.29) is 12.5 Å². The number of carbonyl (C=O) groups is 1. The van der Waals surface area contributed by atoms with Crippen molar-refractivity contribution in [1.82, 2.24) is 4.98 Å². The molecule has 186 valence electrons. The standard InChI is InChI=1S/C26H18Br2F3NO4/c1-14-23(32-25(36-14)17-7-9-19(10-8-17)26(29,30)31)16-5-3-15(4-6-16)18-11-20(27)24(21(28)12-18)35-13-22(33)34-2/h3-12H,13H2,1-2H3. The van der Waals surface area contributed by atoms with E-state index in [9.17, 15) is 18.0 Å². The van der Waals surface area contributed by atoms with Crippen LogP contribution in [0.2, 0.25) is 0 Å². The third kappa shape index (κ3) is 5.65. The Labute approximate surface area is 221 Å². The lowest BCUT2D eigenvalue weighted by Gasteiger charge is -2.12. The molecular formula is C26H18Br2F3NO4. The third-order valence-electron chi connectivity index (χ3n) is 5.31. The molecule has 0 aliphatic rings. The molecule has 0 saturated heterocycles. The van der Waals surface area contributed by atoms with Crippen molar-refractivity contribution in [1.29, 1.82) is 0 Å². The van der Waals surface area contributed by atoms with Crippen molar-refractivity contribution in [2.75, 3.05) is 13.7 Å². The number of alkyl halides is 3. The molecule has 0 aliphatic heterocycles. The highest BCUT2D eigenvalue weighted by atomic mass is 79.9. The second-order valence-electron chi connectivity index (χ2n) is 7.71. The van der Waals surface area contributed by atoms with Gasteiger partial charge in [0.1, 0.15) is 17.2 Å². The van der Waals surface area contributed by atoms with Crippen LogP contribution in [0, 0.1) is 6.92 Å². The molecule has 0 atom stereocenters. The number of hydrogen-bond donors (Lipinski definition) is 0. The van der Waals surface area contributed by atoms with Gasteiger partial charge < -0.3 is 13.9 Å². The Hall–Kier alpha value is -3.11. The first-order valence-corrected chi connectivity index (χ1v) is 12.1. The van der Waals surface area contributed by atoms with E-state index < -0.39 is 17.7 Å². The first-order valence-electron chi connectivity index (χ1n) is 10.5. The van der Waals surface area contributed by atoms with Crippen LogP contribution in [0.1, 0.15) is 11.3 Å². The first-order chi connectivity index (χ1) is 17.1. The Kier molecular flexibility index (Phi) is 7.56. The monoisotopic (exact) mass is 623 g/mol. The van der Waals surface area contributed by atoms with Gasteiger partial charge in [0.15, 0.2) is 6.61 Å². The molecule has 4 aromatic rings. The fourth-order valence-corrected chi connectivity index (χ4v) is 4.88. The SMILES string of the molecule is COC(=O)COc1c(Br)cc(-c2ccc(-c3nc(-c4ccc(C(F)(F)F)cc4)oc3C)cc2)cc1Br. The lowest BCUT2D eigenvalue weighted by Crippen LogP contribution is -2.13. The number of aromatic nitrogens is 1. The summed E-state index contributed by atoms with van der Waals surface area (Å²) in [4.78, 5) is 15.9. The normalized spacial score (nSPS) is 11.4. The molecule has 0 bridgehead atoms. The summed E-state index contributed by atoms with van der Waals surface area (Å²) in [6.07, 6.45) is -4.40. The Morgan fingerprint density at radius 1 is 0.917 bits per heavy atom. The first kappa shape index (κ1) is 26.0. The molecule has 1 heterocycles. The molecule has 36 heavy (non-hydrogen) atoms. The number of halogens is 5. The smallest absolute Gasteiger partial charge is 0.416 e. The van der Waals surface area contributed by atoms with Gasteiger partial charge in [-0.25, -0.2) is 9.78 Å². The van der Waals surface area contributed by atoms with Gasteiger partial charge in [-0.05, 0) is 86.3 Å². The van der Waals surface area contributed by atoms with Gasteiger partial charge in [0, 0.05) is 11.1 Å². The number of methoxy groups -OCH3 is 1. The summed E-state index contributed by atoms with van der Waals surface area (Å²) >= 11 is 6.95. The van der Waals surface area contributed by atoms with Crippen LogP contribution in [0.25, 0.3) is 33.8 Å². The van der Waals surface area contributed by atoms with Crippen molar-refractivity contribution in [2.45, 2.75) is 13.1 Å². The van der Waals surface area contributed by atoms with Gasteiger partial charge in [0.25, 0.3) is 0 Å². The number of nitrogens with zero attached hydrogens (tertiary/aromatic N) is 1. The van der Waals surface area contributed by atoms with Crippen LogP contribution < -0.4 is 4.74 Å². The van der Waals surface area contributed by atoms with Crippen LogP contribution in [-0.2, 0) is 15.7 Å². The second kappa shape index (κ2) is 10.5. The van der Waals surface area contributed by atoms with E-state index in [1.54, 1.807) is 6.92 Å². The van der Waals surface area contributed by atoms with Crippen LogP contribution in [0.3, 0.4) is 0 Å². The highest BCUT2D eigenvalue weighted by Gasteiger charge is 2.30. The van der Waals surface area contributed by atoms with Crippen molar-refractivity contribution >= 4 is 37.8 Å². The summed E-state index contributed by atoms with van der Waals surface area (Å²) < 4.78 is 55.7. The molecule has 4 rings (SSSR count). The van der Waals surface area contributed by atoms with Crippen LogP contribution in [0.5, 0.6) is 5.75 Å². The Bertz CT molecular complexity index is 1380. The third-order valence-corrected chi connectivity index (χ3v) is 6.49. The van der Waals surface area contributed by atoms with Crippen molar-refractivity contribution in [3.63, 3.8) is 0 Å². The van der Waals surface area contributed by atoms with E-state index in [2.05, 4.69) is 41.6 Å². The Balaban J connectivity index is 1.56. The summed E-state index contributed by atoms with van der Waals surface area (Å²) in [7, 11) is 1.29. The number of ether oxygens (including phenoxy) is 2. The minimum atomic E-state index is -4.40. The highest BCUT2D eigenvalue weighted by molar-refractivity contribution is 9.11. The quantitative estimate of drug-likeness (QED) is 0.203. The van der Waals surface area contributed by atoms with Crippen molar-refractivity contribution in [3.8, 4) is 39.6 Å². The molecule has 0 fully saturated rings. The topological polar surface area (TPSA) is 61.6 Å². The van der Waals surface area contributed by atoms with E-state index in [1.807, 2.05) is 36.4 Å². The Morgan fingerprint density at radius 3 is 2.03 bits per heavy atom. The molecule has 10 heteroatoms. The molecular weight excluding hydrogens is 607 g/mol. The van der Waals surface area contributed by atoms with E-state index >= 15 is 0 Å². The summed E-state index contributed by atoms with van der Waals surface area (Å²) in [5.41, 5.74) is 2.95. The second-order valence-corrected chi connectivity index (χ2v) is 9.42. The van der Waals surface area contributed by atoms with Crippen molar-refractivity contribution in [3.05, 3.63) is 80.9 Å². The Morgan fingerprint density at radius 2 is 1.47 bits per heavy atom. The van der Waals surface area contributed by atoms with Crippen LogP contribution in [0.15, 0.2) is 74.0 Å². The fraction of sp³-hybridized carbons (Fsp3) is 0.154. The molecule has 5 nitrogen and oxygen atoms in total. The van der Waals surface area contributed by atoms with E-state index in [1.165, 1.54) is 19.2 Å². The molecule has 0 saturated carbocycles. The minimum absolute atomic E-state index is 0.215. The number of benzene rings is 3. The van der Waals surface area contributed by atoms with E-state index in [0.717, 1.165) is 28.8 Å². The van der Waals surface area contributed by atoms with Gasteiger partial charge in [-0.15, -0.1) is 0 Å². The molecule has 0 N–H and O–H groups in total. The van der Waals surface area contributed by atoms with Gasteiger partial charge >= 0.3 is 12.1 Å². The van der Waals surface area contributed by atoms with E-state index in [0.29, 0.717) is 31.7 Å². The summed E-state index contributed by atoms with van der Waals surface area (Å²) in [5, 5.41) is 0. The molecule has 0 aliphatic carbocycles. The van der Waals surface area contributed by atoms with Crippen molar-refractivity contribution in [2.24, 2.45) is 0 Å². The number of carbonyl (C=O) groups excluding carboxylic acids is 1. The summed E-state index contributed by atoms with van der Waals surface area (Å²) in [6.45, 7) is 1.54. The number of oxazole rings is 1. The maximum absolute atomic E-state index is 12.8.